The Kier molecular flexibility index (Phi) is 5.64. The van der Waals surface area contributed by atoms with Gasteiger partial charge in [0, 0.05) is 17.9 Å². The molecule has 3 rings (SSSR count). The van der Waals surface area contributed by atoms with Crippen molar-refractivity contribution in [3.8, 4) is 6.07 Å². The van der Waals surface area contributed by atoms with Crippen LogP contribution in [0.4, 0.5) is 5.69 Å². The lowest BCUT2D eigenvalue weighted by Crippen LogP contribution is -2.44. The number of anilines is 1. The van der Waals surface area contributed by atoms with E-state index in [0.717, 1.165) is 4.57 Å². The summed E-state index contributed by atoms with van der Waals surface area (Å²) < 4.78 is 7.25. The van der Waals surface area contributed by atoms with E-state index in [-0.39, 0.29) is 11.7 Å². The first kappa shape index (κ1) is 20.1. The zero-order valence-electron chi connectivity index (χ0n) is 16.1. The molecule has 1 aromatic heterocycles. The van der Waals surface area contributed by atoms with Gasteiger partial charge < -0.3 is 10.1 Å². The third-order valence-corrected chi connectivity index (χ3v) is 4.49. The Morgan fingerprint density at radius 1 is 1.24 bits per heavy atom. The lowest BCUT2D eigenvalue weighted by Gasteiger charge is -2.11. The smallest absolute Gasteiger partial charge is 0.338 e. The molecule has 1 aliphatic heterocycles. The Hall–Kier alpha value is -3.67. The summed E-state index contributed by atoms with van der Waals surface area (Å²) >= 11 is 0. The SMILES string of the molecule is CC(C)OC(=O)c1ccc(NC(=O)Cn2c(=O)c(C#N)c3n(c2=O)CCC3)cc1. The van der Waals surface area contributed by atoms with E-state index in [0.29, 0.717) is 36.3 Å². The third kappa shape index (κ3) is 4.11. The van der Waals surface area contributed by atoms with Gasteiger partial charge in [-0.05, 0) is 51.0 Å². The second-order valence-corrected chi connectivity index (χ2v) is 6.94. The summed E-state index contributed by atoms with van der Waals surface area (Å²) in [6.07, 6.45) is 0.918. The number of nitriles is 1. The number of aromatic nitrogens is 2. The fraction of sp³-hybridized carbons (Fsp3) is 0.350. The first-order valence-electron chi connectivity index (χ1n) is 9.19. The topological polar surface area (TPSA) is 123 Å². The lowest BCUT2D eigenvalue weighted by atomic mass is 10.2. The molecule has 0 saturated carbocycles. The number of benzene rings is 1. The summed E-state index contributed by atoms with van der Waals surface area (Å²) in [6.45, 7) is 3.39. The number of hydrogen-bond acceptors (Lipinski definition) is 6. The number of carbonyl (C=O) groups excluding carboxylic acids is 2. The number of esters is 1. The van der Waals surface area contributed by atoms with Crippen molar-refractivity contribution < 1.29 is 14.3 Å². The third-order valence-electron chi connectivity index (χ3n) is 4.49. The van der Waals surface area contributed by atoms with Crippen molar-refractivity contribution in [2.45, 2.75) is 45.9 Å². The van der Waals surface area contributed by atoms with Crippen molar-refractivity contribution in [1.29, 1.82) is 5.26 Å². The number of ether oxygens (including phenoxy) is 1. The van der Waals surface area contributed by atoms with Crippen LogP contribution in [0.5, 0.6) is 0 Å². The molecule has 0 aliphatic carbocycles. The van der Waals surface area contributed by atoms with Crippen LogP contribution in [0, 0.1) is 11.3 Å². The standard InChI is InChI=1S/C20H20N4O5/c1-12(2)29-19(27)13-5-7-14(8-6-13)22-17(25)11-24-18(26)15(10-21)16-4-3-9-23(16)20(24)28/h5-8,12H,3-4,9,11H2,1-2H3,(H,22,25). The molecular formula is C20H20N4O5. The number of nitrogens with one attached hydrogen (secondary N) is 1. The molecule has 0 atom stereocenters. The Labute approximate surface area is 166 Å². The van der Waals surface area contributed by atoms with Crippen LogP contribution in [0.25, 0.3) is 0 Å². The second-order valence-electron chi connectivity index (χ2n) is 6.94. The highest BCUT2D eigenvalue weighted by Gasteiger charge is 2.23. The van der Waals surface area contributed by atoms with E-state index in [1.165, 1.54) is 28.8 Å². The second kappa shape index (κ2) is 8.14. The molecule has 9 heteroatoms. The van der Waals surface area contributed by atoms with Gasteiger partial charge in [-0.2, -0.15) is 5.26 Å². The summed E-state index contributed by atoms with van der Waals surface area (Å²) in [5.74, 6) is -1.07. The van der Waals surface area contributed by atoms with Crippen LogP contribution in [0.1, 0.15) is 41.9 Å². The minimum atomic E-state index is -0.757. The predicted octanol–water partition coefficient (Wildman–Crippen LogP) is 1.03. The Bertz CT molecular complexity index is 1120. The number of amides is 1. The fourth-order valence-corrected chi connectivity index (χ4v) is 3.20. The van der Waals surface area contributed by atoms with E-state index >= 15 is 0 Å². The molecule has 9 nitrogen and oxygen atoms in total. The maximum atomic E-state index is 12.5. The molecule has 1 amide bonds. The molecule has 2 heterocycles. The highest BCUT2D eigenvalue weighted by Crippen LogP contribution is 2.14. The van der Waals surface area contributed by atoms with Crippen LogP contribution >= 0.6 is 0 Å². The normalized spacial score (nSPS) is 12.3. The van der Waals surface area contributed by atoms with Gasteiger partial charge in [0.25, 0.3) is 5.56 Å². The Balaban J connectivity index is 1.77. The average Bonchev–Trinajstić information content (AvgIpc) is 3.15. The molecule has 0 fully saturated rings. The van der Waals surface area contributed by atoms with Crippen molar-refractivity contribution in [3.63, 3.8) is 0 Å². The van der Waals surface area contributed by atoms with Crippen molar-refractivity contribution in [2.75, 3.05) is 5.32 Å². The molecule has 2 aromatic rings. The van der Waals surface area contributed by atoms with E-state index in [2.05, 4.69) is 5.32 Å². The largest absolute Gasteiger partial charge is 0.459 e. The van der Waals surface area contributed by atoms with Crippen LogP contribution < -0.4 is 16.6 Å². The number of carbonyl (C=O) groups is 2. The zero-order valence-corrected chi connectivity index (χ0v) is 16.1. The van der Waals surface area contributed by atoms with Crippen molar-refractivity contribution in [1.82, 2.24) is 9.13 Å². The van der Waals surface area contributed by atoms with Gasteiger partial charge in [-0.3, -0.25) is 14.2 Å². The molecule has 0 spiro atoms. The molecule has 0 bridgehead atoms. The Morgan fingerprint density at radius 3 is 2.55 bits per heavy atom. The van der Waals surface area contributed by atoms with Gasteiger partial charge in [0.2, 0.25) is 5.91 Å². The van der Waals surface area contributed by atoms with Gasteiger partial charge in [-0.15, -0.1) is 0 Å². The van der Waals surface area contributed by atoms with E-state index < -0.39 is 29.7 Å². The molecule has 0 radical (unpaired) electrons. The van der Waals surface area contributed by atoms with Gasteiger partial charge in [-0.25, -0.2) is 14.2 Å². The van der Waals surface area contributed by atoms with Crippen molar-refractivity contribution in [3.05, 3.63) is 61.9 Å². The highest BCUT2D eigenvalue weighted by molar-refractivity contribution is 5.93. The minimum absolute atomic E-state index is 0.0945. The quantitative estimate of drug-likeness (QED) is 0.753. The van der Waals surface area contributed by atoms with Crippen LogP contribution in [0.2, 0.25) is 0 Å². The molecule has 1 N–H and O–H groups in total. The number of rotatable bonds is 5. The first-order chi connectivity index (χ1) is 13.8. The zero-order chi connectivity index (χ0) is 21.1. The lowest BCUT2D eigenvalue weighted by molar-refractivity contribution is -0.116. The molecule has 0 saturated heterocycles. The average molecular weight is 396 g/mol. The summed E-state index contributed by atoms with van der Waals surface area (Å²) in [5.41, 5.74) is -0.281. The summed E-state index contributed by atoms with van der Waals surface area (Å²) in [6, 6.07) is 7.90. The van der Waals surface area contributed by atoms with E-state index in [1.54, 1.807) is 13.8 Å². The molecule has 1 aromatic carbocycles. The van der Waals surface area contributed by atoms with Gasteiger partial charge in [0.05, 0.1) is 11.7 Å². The van der Waals surface area contributed by atoms with Gasteiger partial charge >= 0.3 is 11.7 Å². The number of hydrogen-bond donors (Lipinski definition) is 1. The maximum Gasteiger partial charge on any atom is 0.338 e. The fourth-order valence-electron chi connectivity index (χ4n) is 3.20. The maximum absolute atomic E-state index is 12.5. The highest BCUT2D eigenvalue weighted by atomic mass is 16.5. The summed E-state index contributed by atoms with van der Waals surface area (Å²) in [4.78, 5) is 49.2. The van der Waals surface area contributed by atoms with Gasteiger partial charge in [0.1, 0.15) is 18.2 Å². The van der Waals surface area contributed by atoms with E-state index in [1.807, 2.05) is 6.07 Å². The monoisotopic (exact) mass is 396 g/mol. The summed E-state index contributed by atoms with van der Waals surface area (Å²) in [7, 11) is 0. The van der Waals surface area contributed by atoms with Crippen molar-refractivity contribution in [2.24, 2.45) is 0 Å². The van der Waals surface area contributed by atoms with Crippen LogP contribution in [0.3, 0.4) is 0 Å². The van der Waals surface area contributed by atoms with Gasteiger partial charge in [0.15, 0.2) is 0 Å². The van der Waals surface area contributed by atoms with E-state index in [4.69, 9.17) is 4.74 Å². The van der Waals surface area contributed by atoms with Crippen LogP contribution in [-0.4, -0.2) is 27.1 Å². The van der Waals surface area contributed by atoms with Crippen LogP contribution in [-0.2, 0) is 29.0 Å². The molecule has 150 valence electrons. The van der Waals surface area contributed by atoms with Gasteiger partial charge in [-0.1, -0.05) is 0 Å². The van der Waals surface area contributed by atoms with E-state index in [9.17, 15) is 24.4 Å². The molecule has 1 aliphatic rings. The molecule has 29 heavy (non-hydrogen) atoms. The minimum Gasteiger partial charge on any atom is -0.459 e. The number of fused-ring (bicyclic) bond motifs is 1. The molecule has 0 unspecified atom stereocenters. The summed E-state index contributed by atoms with van der Waals surface area (Å²) in [5, 5.41) is 11.9. The first-order valence-corrected chi connectivity index (χ1v) is 9.19. The predicted molar refractivity (Wildman–Crippen MR) is 104 cm³/mol. The van der Waals surface area contributed by atoms with Crippen LogP contribution in [0.15, 0.2) is 33.9 Å². The van der Waals surface area contributed by atoms with Crippen molar-refractivity contribution >= 4 is 17.6 Å². The molecular weight excluding hydrogens is 376 g/mol. The number of nitrogens with zero attached hydrogens (tertiary/aromatic N) is 3. The Morgan fingerprint density at radius 2 is 1.93 bits per heavy atom.